The van der Waals surface area contributed by atoms with Gasteiger partial charge in [0.25, 0.3) is 0 Å². The summed E-state index contributed by atoms with van der Waals surface area (Å²) in [4.78, 5) is 28.6. The molecule has 2 aliphatic heterocycles. The molecule has 0 spiro atoms. The van der Waals surface area contributed by atoms with Crippen LogP contribution in [0.25, 0.3) is 0 Å². The van der Waals surface area contributed by atoms with Crippen LogP contribution in [0.4, 0.5) is 11.5 Å². The molecule has 2 aromatic rings. The van der Waals surface area contributed by atoms with Crippen molar-refractivity contribution in [2.75, 3.05) is 24.7 Å². The fraction of sp³-hybridized carbons (Fsp3) is 0.450. The van der Waals surface area contributed by atoms with Crippen LogP contribution >= 0.6 is 0 Å². The van der Waals surface area contributed by atoms with E-state index in [4.69, 9.17) is 24.7 Å². The monoisotopic (exact) mass is 416 g/mol. The summed E-state index contributed by atoms with van der Waals surface area (Å²) in [5.74, 6) is -1.25. The Morgan fingerprint density at radius 1 is 1.27 bits per heavy atom. The zero-order valence-corrected chi connectivity index (χ0v) is 16.9. The molecule has 30 heavy (non-hydrogen) atoms. The maximum atomic E-state index is 12.6. The maximum absolute atomic E-state index is 12.6. The molecule has 3 heterocycles. The van der Waals surface area contributed by atoms with E-state index in [0.717, 1.165) is 0 Å². The molecule has 4 rings (SSSR count). The molecule has 1 aromatic heterocycles. The predicted octanol–water partition coefficient (Wildman–Crippen LogP) is 1.14. The Bertz CT molecular complexity index is 1010. The number of hydrogen-bond acceptors (Lipinski definition) is 9. The molecule has 0 amide bonds. The van der Waals surface area contributed by atoms with E-state index < -0.39 is 42.0 Å². The molecular formula is C20H24N4O6. The van der Waals surface area contributed by atoms with Gasteiger partial charge in [-0.2, -0.15) is 4.98 Å². The Balaban J connectivity index is 1.53. The Morgan fingerprint density at radius 3 is 2.73 bits per heavy atom. The average Bonchev–Trinajstić information content (AvgIpc) is 3.19. The van der Waals surface area contributed by atoms with Gasteiger partial charge in [-0.3, -0.25) is 4.57 Å². The number of carbonyl (C=O) groups is 1. The van der Waals surface area contributed by atoms with Crippen LogP contribution in [0.1, 0.15) is 30.4 Å². The van der Waals surface area contributed by atoms with Crippen molar-refractivity contribution in [2.24, 2.45) is 0 Å². The van der Waals surface area contributed by atoms with Crippen molar-refractivity contribution in [3.05, 3.63) is 52.6 Å². The van der Waals surface area contributed by atoms with E-state index >= 15 is 0 Å². The summed E-state index contributed by atoms with van der Waals surface area (Å²) in [6.07, 6.45) is -1.01. The predicted molar refractivity (Wildman–Crippen MR) is 107 cm³/mol. The first-order valence-electron chi connectivity index (χ1n) is 9.59. The van der Waals surface area contributed by atoms with Crippen LogP contribution in [0.5, 0.6) is 0 Å². The molecule has 3 N–H and O–H groups in total. The minimum Gasteiger partial charge on any atom is -0.459 e. The van der Waals surface area contributed by atoms with Gasteiger partial charge in [-0.05, 0) is 32.0 Å². The van der Waals surface area contributed by atoms with Crippen molar-refractivity contribution < 1.29 is 23.7 Å². The Hall–Kier alpha value is -2.95. The van der Waals surface area contributed by atoms with Crippen molar-refractivity contribution in [3.63, 3.8) is 0 Å². The van der Waals surface area contributed by atoms with E-state index in [0.29, 0.717) is 11.3 Å². The minimum absolute atomic E-state index is 0.0643. The van der Waals surface area contributed by atoms with Gasteiger partial charge >= 0.3 is 11.7 Å². The van der Waals surface area contributed by atoms with Crippen molar-refractivity contribution >= 4 is 17.5 Å². The standard InChI is InChI=1S/C20H24N4O6/c1-20(2)29-15-13(10-27-18(25)11-6-4-5-7-12(11)22-3)28-17(16(15)30-20)24-9-8-14(21)23-19(24)26/h4-9,13,15-17,22H,10H2,1-3H3,(H2,21,23,26)/t13-,15-,16-,17-/m1/s1. The highest BCUT2D eigenvalue weighted by molar-refractivity contribution is 5.95. The molecule has 160 valence electrons. The first-order chi connectivity index (χ1) is 14.3. The number of rotatable bonds is 5. The van der Waals surface area contributed by atoms with Crippen LogP contribution in [0.15, 0.2) is 41.3 Å². The molecule has 0 unspecified atom stereocenters. The highest BCUT2D eigenvalue weighted by Gasteiger charge is 2.56. The number of hydrogen-bond donors (Lipinski definition) is 2. The van der Waals surface area contributed by atoms with Gasteiger partial charge in [-0.1, -0.05) is 12.1 Å². The van der Waals surface area contributed by atoms with E-state index in [-0.39, 0.29) is 12.4 Å². The molecule has 0 aliphatic carbocycles. The molecule has 10 heteroatoms. The summed E-state index contributed by atoms with van der Waals surface area (Å²) in [6.45, 7) is 3.49. The largest absolute Gasteiger partial charge is 0.459 e. The minimum atomic E-state index is -0.872. The number of esters is 1. The van der Waals surface area contributed by atoms with Crippen molar-refractivity contribution in [2.45, 2.75) is 44.2 Å². The lowest BCUT2D eigenvalue weighted by Crippen LogP contribution is -2.35. The second-order valence-corrected chi connectivity index (χ2v) is 7.57. The highest BCUT2D eigenvalue weighted by atomic mass is 16.8. The zero-order valence-electron chi connectivity index (χ0n) is 16.9. The van der Waals surface area contributed by atoms with Crippen LogP contribution < -0.4 is 16.7 Å². The fourth-order valence-electron chi connectivity index (χ4n) is 3.75. The first kappa shape index (κ1) is 20.3. The lowest BCUT2D eigenvalue weighted by molar-refractivity contribution is -0.200. The third-order valence-electron chi connectivity index (χ3n) is 5.05. The number of nitrogens with zero attached hydrogens (tertiary/aromatic N) is 2. The molecule has 2 saturated heterocycles. The van der Waals surface area contributed by atoms with Gasteiger partial charge in [0.2, 0.25) is 0 Å². The average molecular weight is 416 g/mol. The maximum Gasteiger partial charge on any atom is 0.351 e. The van der Waals surface area contributed by atoms with E-state index in [1.54, 1.807) is 39.1 Å². The van der Waals surface area contributed by atoms with Gasteiger partial charge in [-0.25, -0.2) is 9.59 Å². The van der Waals surface area contributed by atoms with Crippen molar-refractivity contribution in [1.82, 2.24) is 9.55 Å². The van der Waals surface area contributed by atoms with Crippen molar-refractivity contribution in [1.29, 1.82) is 0 Å². The third-order valence-corrected chi connectivity index (χ3v) is 5.05. The first-order valence-corrected chi connectivity index (χ1v) is 9.59. The number of aromatic nitrogens is 2. The molecule has 1 aromatic carbocycles. The summed E-state index contributed by atoms with van der Waals surface area (Å²) >= 11 is 0. The van der Waals surface area contributed by atoms with Crippen LogP contribution in [0.2, 0.25) is 0 Å². The van der Waals surface area contributed by atoms with Gasteiger partial charge in [0.05, 0.1) is 5.56 Å². The molecule has 4 atom stereocenters. The van der Waals surface area contributed by atoms with Crippen LogP contribution in [0.3, 0.4) is 0 Å². The molecule has 0 radical (unpaired) electrons. The SMILES string of the molecule is CNc1ccccc1C(=O)OC[C@H]1O[C@@H](n2ccc(N)nc2=O)[C@@H]2OC(C)(C)O[C@@H]21. The molecule has 0 saturated carbocycles. The molecule has 2 aliphatic rings. The Labute approximate surface area is 172 Å². The van der Waals surface area contributed by atoms with Crippen molar-refractivity contribution in [3.8, 4) is 0 Å². The summed E-state index contributed by atoms with van der Waals surface area (Å²) in [6, 6.07) is 8.54. The number of ether oxygens (including phenoxy) is 4. The topological polar surface area (TPSA) is 127 Å². The smallest absolute Gasteiger partial charge is 0.351 e. The molecule has 10 nitrogen and oxygen atoms in total. The zero-order chi connectivity index (χ0) is 21.5. The second kappa shape index (κ2) is 7.71. The number of fused-ring (bicyclic) bond motifs is 1. The fourth-order valence-corrected chi connectivity index (χ4v) is 3.75. The van der Waals surface area contributed by atoms with Crippen LogP contribution in [-0.4, -0.2) is 53.3 Å². The normalized spacial score (nSPS) is 26.9. The molecular weight excluding hydrogens is 392 g/mol. The number of anilines is 2. The number of carbonyl (C=O) groups excluding carboxylic acids is 1. The molecule has 0 bridgehead atoms. The Morgan fingerprint density at radius 2 is 2.00 bits per heavy atom. The van der Waals surface area contributed by atoms with E-state index in [1.807, 2.05) is 6.07 Å². The number of nitrogens with one attached hydrogen (secondary N) is 1. The van der Waals surface area contributed by atoms with Crippen LogP contribution in [0, 0.1) is 0 Å². The van der Waals surface area contributed by atoms with Gasteiger partial charge in [0.1, 0.15) is 30.7 Å². The lowest BCUT2D eigenvalue weighted by atomic mass is 10.1. The quantitative estimate of drug-likeness (QED) is 0.690. The number of nitrogens with two attached hydrogens (primary N) is 1. The van der Waals surface area contributed by atoms with Gasteiger partial charge in [0.15, 0.2) is 12.0 Å². The number of benzene rings is 1. The lowest BCUT2D eigenvalue weighted by Gasteiger charge is -2.24. The Kier molecular flexibility index (Phi) is 5.22. The van der Waals surface area contributed by atoms with E-state index in [2.05, 4.69) is 10.3 Å². The van der Waals surface area contributed by atoms with E-state index in [1.165, 1.54) is 16.8 Å². The number of nitrogen functional groups attached to an aromatic ring is 1. The summed E-state index contributed by atoms with van der Waals surface area (Å²) in [7, 11) is 1.73. The third kappa shape index (κ3) is 3.76. The van der Waals surface area contributed by atoms with Gasteiger partial charge < -0.3 is 30.0 Å². The second-order valence-electron chi connectivity index (χ2n) is 7.57. The highest BCUT2D eigenvalue weighted by Crippen LogP contribution is 2.42. The van der Waals surface area contributed by atoms with Gasteiger partial charge in [0, 0.05) is 18.9 Å². The number of para-hydroxylation sites is 1. The molecule has 2 fully saturated rings. The summed E-state index contributed by atoms with van der Waals surface area (Å²) in [5, 5.41) is 2.96. The van der Waals surface area contributed by atoms with Crippen LogP contribution in [-0.2, 0) is 18.9 Å². The summed E-state index contributed by atoms with van der Waals surface area (Å²) in [5.41, 5.74) is 6.09. The van der Waals surface area contributed by atoms with Gasteiger partial charge in [-0.15, -0.1) is 0 Å². The van der Waals surface area contributed by atoms with E-state index in [9.17, 15) is 9.59 Å². The summed E-state index contributed by atoms with van der Waals surface area (Å²) < 4.78 is 24.8.